The molecule has 1 amide bonds. The molecule has 24 heavy (non-hydrogen) atoms. The number of hydrogen-bond donors (Lipinski definition) is 1. The molecule has 2 heterocycles. The van der Waals surface area contributed by atoms with E-state index in [2.05, 4.69) is 22.4 Å². The van der Waals surface area contributed by atoms with Gasteiger partial charge < -0.3 is 15.0 Å². The number of pyridine rings is 1. The molecule has 2 aromatic rings. The Bertz CT molecular complexity index is 724. The van der Waals surface area contributed by atoms with Gasteiger partial charge in [0.25, 0.3) is 0 Å². The Labute approximate surface area is 143 Å². The molecule has 1 aromatic heterocycles. The molecule has 128 valence electrons. The third kappa shape index (κ3) is 4.16. The lowest BCUT2D eigenvalue weighted by Gasteiger charge is -2.34. The van der Waals surface area contributed by atoms with Crippen molar-refractivity contribution in [2.75, 3.05) is 18.4 Å². The number of carbonyl (C=O) groups is 1. The molecule has 0 spiro atoms. The molecule has 0 aliphatic carbocycles. The number of likely N-dealkylation sites (tertiary alicyclic amines) is 1. The van der Waals surface area contributed by atoms with Gasteiger partial charge in [-0.05, 0) is 51.8 Å². The average Bonchev–Trinajstić information content (AvgIpc) is 2.53. The minimum atomic E-state index is -0.461. The monoisotopic (exact) mass is 327 g/mol. The number of fused-ring (bicyclic) bond motifs is 1. The Morgan fingerprint density at radius 1 is 1.25 bits per heavy atom. The molecular weight excluding hydrogens is 302 g/mol. The van der Waals surface area contributed by atoms with Gasteiger partial charge in [0, 0.05) is 24.5 Å². The van der Waals surface area contributed by atoms with E-state index in [-0.39, 0.29) is 12.1 Å². The Morgan fingerprint density at radius 3 is 2.83 bits per heavy atom. The smallest absolute Gasteiger partial charge is 0.410 e. The van der Waals surface area contributed by atoms with Gasteiger partial charge in [-0.1, -0.05) is 18.2 Å². The van der Waals surface area contributed by atoms with Crippen molar-refractivity contribution < 1.29 is 9.53 Å². The number of piperidine rings is 1. The molecule has 5 nitrogen and oxygen atoms in total. The van der Waals surface area contributed by atoms with E-state index in [4.69, 9.17) is 4.74 Å². The van der Waals surface area contributed by atoms with Crippen molar-refractivity contribution in [3.63, 3.8) is 0 Å². The van der Waals surface area contributed by atoms with Gasteiger partial charge in [0.05, 0.1) is 5.52 Å². The van der Waals surface area contributed by atoms with E-state index in [1.807, 2.05) is 45.0 Å². The number of nitrogens with zero attached hydrogens (tertiary/aromatic N) is 2. The van der Waals surface area contributed by atoms with Crippen molar-refractivity contribution in [2.24, 2.45) is 0 Å². The Balaban J connectivity index is 1.65. The molecule has 1 aromatic carbocycles. The summed E-state index contributed by atoms with van der Waals surface area (Å²) in [4.78, 5) is 18.7. The molecule has 0 bridgehead atoms. The van der Waals surface area contributed by atoms with E-state index < -0.39 is 5.60 Å². The number of ether oxygens (including phenoxy) is 1. The van der Waals surface area contributed by atoms with E-state index in [9.17, 15) is 4.79 Å². The predicted octanol–water partition coefficient (Wildman–Crippen LogP) is 4.05. The summed E-state index contributed by atoms with van der Waals surface area (Å²) in [7, 11) is 0. The number of amides is 1. The molecule has 1 aliphatic rings. The lowest BCUT2D eigenvalue weighted by atomic mass is 10.1. The molecule has 5 heteroatoms. The zero-order chi connectivity index (χ0) is 17.2. The largest absolute Gasteiger partial charge is 0.444 e. The maximum atomic E-state index is 12.2. The quantitative estimate of drug-likeness (QED) is 0.904. The number of anilines is 1. The van der Waals surface area contributed by atoms with Gasteiger partial charge in [-0.15, -0.1) is 0 Å². The highest BCUT2D eigenvalue weighted by Crippen LogP contribution is 2.20. The van der Waals surface area contributed by atoms with Crippen LogP contribution in [0.15, 0.2) is 36.4 Å². The van der Waals surface area contributed by atoms with Crippen LogP contribution in [0, 0.1) is 0 Å². The minimum Gasteiger partial charge on any atom is -0.444 e. The summed E-state index contributed by atoms with van der Waals surface area (Å²) in [6, 6.07) is 12.3. The first kappa shape index (κ1) is 16.6. The summed E-state index contributed by atoms with van der Waals surface area (Å²) in [6.07, 6.45) is 1.75. The van der Waals surface area contributed by atoms with E-state index in [0.717, 1.165) is 36.1 Å². The lowest BCUT2D eigenvalue weighted by Crippen LogP contribution is -2.47. The maximum absolute atomic E-state index is 12.2. The highest BCUT2D eigenvalue weighted by atomic mass is 16.6. The van der Waals surface area contributed by atoms with Crippen molar-refractivity contribution in [2.45, 2.75) is 45.3 Å². The van der Waals surface area contributed by atoms with Crippen LogP contribution in [-0.4, -0.2) is 40.7 Å². The van der Waals surface area contributed by atoms with Crippen LogP contribution in [0.3, 0.4) is 0 Å². The van der Waals surface area contributed by atoms with Crippen LogP contribution in [0.5, 0.6) is 0 Å². The minimum absolute atomic E-state index is 0.194. The SMILES string of the molecule is CC(C)(C)OC(=O)N1CCC[C@@H](Nc2ccc3ccccc3n2)C1. The second-order valence-corrected chi connectivity index (χ2v) is 7.30. The molecule has 1 N–H and O–H groups in total. The fourth-order valence-electron chi connectivity index (χ4n) is 2.94. The van der Waals surface area contributed by atoms with Crippen LogP contribution in [0.1, 0.15) is 33.6 Å². The number of para-hydroxylation sites is 1. The first-order chi connectivity index (χ1) is 11.4. The maximum Gasteiger partial charge on any atom is 0.410 e. The first-order valence-corrected chi connectivity index (χ1v) is 8.51. The zero-order valence-corrected chi connectivity index (χ0v) is 14.6. The van der Waals surface area contributed by atoms with Gasteiger partial charge >= 0.3 is 6.09 Å². The van der Waals surface area contributed by atoms with Gasteiger partial charge in [0.15, 0.2) is 0 Å². The van der Waals surface area contributed by atoms with E-state index in [1.165, 1.54) is 0 Å². The van der Waals surface area contributed by atoms with Crippen molar-refractivity contribution in [1.82, 2.24) is 9.88 Å². The molecule has 3 rings (SSSR count). The van der Waals surface area contributed by atoms with Gasteiger partial charge in [0.2, 0.25) is 0 Å². The molecule has 0 radical (unpaired) electrons. The van der Waals surface area contributed by atoms with Crippen molar-refractivity contribution >= 4 is 22.8 Å². The summed E-state index contributed by atoms with van der Waals surface area (Å²) in [5.41, 5.74) is 0.513. The summed E-state index contributed by atoms with van der Waals surface area (Å²) in [5.74, 6) is 0.852. The number of hydrogen-bond acceptors (Lipinski definition) is 4. The van der Waals surface area contributed by atoms with Crippen LogP contribution in [0.2, 0.25) is 0 Å². The normalized spacial score (nSPS) is 18.5. The van der Waals surface area contributed by atoms with Crippen molar-refractivity contribution in [1.29, 1.82) is 0 Å². The van der Waals surface area contributed by atoms with Crippen molar-refractivity contribution in [3.05, 3.63) is 36.4 Å². The standard InChI is InChI=1S/C19H25N3O2/c1-19(2,3)24-18(23)22-12-6-8-15(13-22)20-17-11-10-14-7-4-5-9-16(14)21-17/h4-5,7,9-11,15H,6,8,12-13H2,1-3H3,(H,20,21)/t15-/m1/s1. The number of rotatable bonds is 2. The van der Waals surface area contributed by atoms with Gasteiger partial charge in [-0.3, -0.25) is 0 Å². The highest BCUT2D eigenvalue weighted by Gasteiger charge is 2.27. The fourth-order valence-corrected chi connectivity index (χ4v) is 2.94. The van der Waals surface area contributed by atoms with Gasteiger partial charge in [0.1, 0.15) is 11.4 Å². The third-order valence-electron chi connectivity index (χ3n) is 4.02. The van der Waals surface area contributed by atoms with Crippen LogP contribution in [0.25, 0.3) is 10.9 Å². The average molecular weight is 327 g/mol. The fraction of sp³-hybridized carbons (Fsp3) is 0.474. The van der Waals surface area contributed by atoms with E-state index in [0.29, 0.717) is 6.54 Å². The Morgan fingerprint density at radius 2 is 2.04 bits per heavy atom. The second kappa shape index (κ2) is 6.67. The van der Waals surface area contributed by atoms with E-state index >= 15 is 0 Å². The third-order valence-corrected chi connectivity index (χ3v) is 4.02. The van der Waals surface area contributed by atoms with Crippen molar-refractivity contribution in [3.8, 4) is 0 Å². The summed E-state index contributed by atoms with van der Waals surface area (Å²) >= 11 is 0. The topological polar surface area (TPSA) is 54.5 Å². The molecule has 1 atom stereocenters. The first-order valence-electron chi connectivity index (χ1n) is 8.51. The highest BCUT2D eigenvalue weighted by molar-refractivity contribution is 5.80. The molecule has 0 unspecified atom stereocenters. The molecule has 1 aliphatic heterocycles. The summed E-state index contributed by atoms with van der Waals surface area (Å²) < 4.78 is 5.48. The van der Waals surface area contributed by atoms with Crippen LogP contribution < -0.4 is 5.32 Å². The van der Waals surface area contributed by atoms with E-state index in [1.54, 1.807) is 4.90 Å². The number of carbonyl (C=O) groups excluding carboxylic acids is 1. The Kier molecular flexibility index (Phi) is 4.60. The zero-order valence-electron chi connectivity index (χ0n) is 14.6. The van der Waals surface area contributed by atoms with Gasteiger partial charge in [-0.2, -0.15) is 0 Å². The Hall–Kier alpha value is -2.30. The van der Waals surface area contributed by atoms with Gasteiger partial charge in [-0.25, -0.2) is 9.78 Å². The van der Waals surface area contributed by atoms with Crippen LogP contribution in [0.4, 0.5) is 10.6 Å². The number of benzene rings is 1. The lowest BCUT2D eigenvalue weighted by molar-refractivity contribution is 0.0206. The molecular formula is C19H25N3O2. The molecule has 1 saturated heterocycles. The molecule has 0 saturated carbocycles. The number of nitrogens with one attached hydrogen (secondary N) is 1. The molecule has 1 fully saturated rings. The summed E-state index contributed by atoms with van der Waals surface area (Å²) in [6.45, 7) is 7.07. The summed E-state index contributed by atoms with van der Waals surface area (Å²) in [5, 5.41) is 4.59. The second-order valence-electron chi connectivity index (χ2n) is 7.30. The van der Waals surface area contributed by atoms with Crippen LogP contribution >= 0.6 is 0 Å². The predicted molar refractivity (Wildman–Crippen MR) is 96.2 cm³/mol. The number of aromatic nitrogens is 1. The van der Waals surface area contributed by atoms with Crippen LogP contribution in [-0.2, 0) is 4.74 Å².